The van der Waals surface area contributed by atoms with Gasteiger partial charge in [-0.3, -0.25) is 4.79 Å². The molecule has 0 fully saturated rings. The van der Waals surface area contributed by atoms with Gasteiger partial charge in [0.05, 0.1) is 13.2 Å². The summed E-state index contributed by atoms with van der Waals surface area (Å²) in [6, 6.07) is 18.9. The summed E-state index contributed by atoms with van der Waals surface area (Å²) in [5.41, 5.74) is 9.26. The fourth-order valence-electron chi connectivity index (χ4n) is 2.80. The van der Waals surface area contributed by atoms with Gasteiger partial charge in [0, 0.05) is 30.9 Å². The first-order valence-corrected chi connectivity index (χ1v) is 9.54. The molecule has 0 saturated carbocycles. The highest BCUT2D eigenvalue weighted by atomic mass is 16.5. The summed E-state index contributed by atoms with van der Waals surface area (Å²) in [7, 11) is 0. The van der Waals surface area contributed by atoms with Crippen molar-refractivity contribution in [1.29, 1.82) is 0 Å². The van der Waals surface area contributed by atoms with E-state index < -0.39 is 0 Å². The Morgan fingerprint density at radius 3 is 2.76 bits per heavy atom. The molecule has 152 valence electrons. The first-order chi connectivity index (χ1) is 14.1. The van der Waals surface area contributed by atoms with Crippen LogP contribution in [0.2, 0.25) is 0 Å². The second-order valence-electron chi connectivity index (χ2n) is 6.75. The maximum absolute atomic E-state index is 12.2. The zero-order valence-corrected chi connectivity index (χ0v) is 16.4. The van der Waals surface area contributed by atoms with Crippen molar-refractivity contribution in [2.45, 2.75) is 19.6 Å². The highest BCUT2D eigenvalue weighted by Crippen LogP contribution is 2.16. The van der Waals surface area contributed by atoms with Crippen LogP contribution >= 0.6 is 0 Å². The van der Waals surface area contributed by atoms with Crippen LogP contribution in [0.3, 0.4) is 0 Å². The van der Waals surface area contributed by atoms with Crippen molar-refractivity contribution in [3.63, 3.8) is 0 Å². The van der Waals surface area contributed by atoms with Crippen molar-refractivity contribution in [3.05, 3.63) is 83.2 Å². The Balaban J connectivity index is 1.40. The van der Waals surface area contributed by atoms with Crippen molar-refractivity contribution in [2.24, 2.45) is 5.73 Å². The number of hydrogen-bond donors (Lipinski definition) is 3. The van der Waals surface area contributed by atoms with Crippen LogP contribution in [0.4, 0.5) is 5.69 Å². The highest BCUT2D eigenvalue weighted by Gasteiger charge is 2.12. The molecule has 7 heteroatoms. The Morgan fingerprint density at radius 2 is 2.00 bits per heavy atom. The molecule has 0 saturated heterocycles. The van der Waals surface area contributed by atoms with Crippen molar-refractivity contribution in [2.75, 3.05) is 25.0 Å². The first kappa shape index (κ1) is 20.7. The van der Waals surface area contributed by atoms with E-state index in [0.29, 0.717) is 37.8 Å². The van der Waals surface area contributed by atoms with Crippen LogP contribution in [-0.2, 0) is 11.3 Å². The Hall–Kier alpha value is -3.00. The third-order valence-electron chi connectivity index (χ3n) is 4.33. The number of anilines is 1. The Bertz CT molecular complexity index is 911. The molecule has 1 amide bonds. The van der Waals surface area contributed by atoms with E-state index >= 15 is 0 Å². The van der Waals surface area contributed by atoms with Gasteiger partial charge in [0.25, 0.3) is 5.91 Å². The summed E-state index contributed by atoms with van der Waals surface area (Å²) in [4.78, 5) is 12.2. The Labute approximate surface area is 170 Å². The van der Waals surface area contributed by atoms with Gasteiger partial charge in [0.1, 0.15) is 5.76 Å². The van der Waals surface area contributed by atoms with Gasteiger partial charge in [0.15, 0.2) is 5.69 Å². The standard InChI is InChI=1S/C22H26N4O3/c1-16-12-21(26-29-16)22(27)25-19-9-5-8-18(13-19)20(23)14-24-10-11-28-15-17-6-3-2-4-7-17/h2-9,12-13,20,24H,10-11,14-15,23H2,1H3,(H,25,27)/t20-/m1/s1. The molecule has 3 rings (SSSR count). The van der Waals surface area contributed by atoms with Crippen molar-refractivity contribution in [3.8, 4) is 0 Å². The van der Waals surface area contributed by atoms with Gasteiger partial charge in [-0.15, -0.1) is 0 Å². The normalized spacial score (nSPS) is 11.9. The molecule has 0 radical (unpaired) electrons. The SMILES string of the molecule is Cc1cc(C(=O)Nc2cccc([C@H](N)CNCCOCc3ccccc3)c2)no1. The van der Waals surface area contributed by atoms with Crippen molar-refractivity contribution < 1.29 is 14.1 Å². The number of aromatic nitrogens is 1. The average Bonchev–Trinajstić information content (AvgIpc) is 3.18. The lowest BCUT2D eigenvalue weighted by atomic mass is 10.1. The van der Waals surface area contributed by atoms with Crippen LogP contribution in [0.1, 0.15) is 33.4 Å². The topological polar surface area (TPSA) is 102 Å². The molecular weight excluding hydrogens is 368 g/mol. The smallest absolute Gasteiger partial charge is 0.277 e. The molecule has 1 heterocycles. The van der Waals surface area contributed by atoms with E-state index in [-0.39, 0.29) is 17.6 Å². The molecule has 7 nitrogen and oxygen atoms in total. The lowest BCUT2D eigenvalue weighted by molar-refractivity contribution is 0.101. The summed E-state index contributed by atoms with van der Waals surface area (Å²) in [5.74, 6) is 0.269. The maximum atomic E-state index is 12.2. The number of carbonyl (C=O) groups is 1. The van der Waals surface area contributed by atoms with Gasteiger partial charge >= 0.3 is 0 Å². The third kappa shape index (κ3) is 6.53. The first-order valence-electron chi connectivity index (χ1n) is 9.54. The molecule has 0 spiro atoms. The molecule has 1 atom stereocenters. The van der Waals surface area contributed by atoms with E-state index in [9.17, 15) is 4.79 Å². The van der Waals surface area contributed by atoms with Gasteiger partial charge in [0.2, 0.25) is 0 Å². The number of benzene rings is 2. The summed E-state index contributed by atoms with van der Waals surface area (Å²) < 4.78 is 10.6. The number of nitrogens with two attached hydrogens (primary N) is 1. The quantitative estimate of drug-likeness (QED) is 0.457. The predicted molar refractivity (Wildman–Crippen MR) is 112 cm³/mol. The number of amides is 1. The van der Waals surface area contributed by atoms with E-state index in [1.807, 2.05) is 54.6 Å². The number of nitrogens with one attached hydrogen (secondary N) is 2. The second-order valence-corrected chi connectivity index (χ2v) is 6.75. The van der Waals surface area contributed by atoms with E-state index in [4.69, 9.17) is 15.0 Å². The van der Waals surface area contributed by atoms with Crippen LogP contribution in [0.5, 0.6) is 0 Å². The molecule has 0 bridgehead atoms. The fourth-order valence-corrected chi connectivity index (χ4v) is 2.80. The molecule has 2 aromatic carbocycles. The summed E-state index contributed by atoms with van der Waals surface area (Å²) in [6.45, 7) is 4.26. The third-order valence-corrected chi connectivity index (χ3v) is 4.33. The monoisotopic (exact) mass is 394 g/mol. The molecule has 0 aliphatic rings. The Kier molecular flexibility index (Phi) is 7.52. The molecule has 1 aromatic heterocycles. The number of hydrogen-bond acceptors (Lipinski definition) is 6. The fraction of sp³-hybridized carbons (Fsp3) is 0.273. The number of aryl methyl sites for hydroxylation is 1. The number of rotatable bonds is 10. The predicted octanol–water partition coefficient (Wildman–Crippen LogP) is 3.04. The number of ether oxygens (including phenoxy) is 1. The summed E-state index contributed by atoms with van der Waals surface area (Å²) in [6.07, 6.45) is 0. The number of nitrogens with zero attached hydrogens (tertiary/aromatic N) is 1. The Morgan fingerprint density at radius 1 is 1.17 bits per heavy atom. The van der Waals surface area contributed by atoms with Crippen LogP contribution in [0.25, 0.3) is 0 Å². The van der Waals surface area contributed by atoms with Crippen LogP contribution in [0, 0.1) is 6.92 Å². The van der Waals surface area contributed by atoms with Gasteiger partial charge in [-0.25, -0.2) is 0 Å². The molecule has 3 aromatic rings. The number of carbonyl (C=O) groups excluding carboxylic acids is 1. The highest BCUT2D eigenvalue weighted by molar-refractivity contribution is 6.02. The lowest BCUT2D eigenvalue weighted by Crippen LogP contribution is -2.29. The van der Waals surface area contributed by atoms with E-state index in [2.05, 4.69) is 15.8 Å². The van der Waals surface area contributed by atoms with E-state index in [1.165, 1.54) is 0 Å². The minimum atomic E-state index is -0.318. The molecule has 4 N–H and O–H groups in total. The van der Waals surface area contributed by atoms with Crippen molar-refractivity contribution >= 4 is 11.6 Å². The average molecular weight is 394 g/mol. The maximum Gasteiger partial charge on any atom is 0.277 e. The van der Waals surface area contributed by atoms with E-state index in [1.54, 1.807) is 13.0 Å². The molecule has 0 aliphatic carbocycles. The van der Waals surface area contributed by atoms with Gasteiger partial charge in [-0.05, 0) is 30.2 Å². The van der Waals surface area contributed by atoms with Crippen LogP contribution in [-0.4, -0.2) is 30.8 Å². The zero-order valence-electron chi connectivity index (χ0n) is 16.4. The lowest BCUT2D eigenvalue weighted by Gasteiger charge is -2.15. The molecule has 29 heavy (non-hydrogen) atoms. The molecule has 0 unspecified atom stereocenters. The minimum Gasteiger partial charge on any atom is -0.375 e. The largest absolute Gasteiger partial charge is 0.375 e. The minimum absolute atomic E-state index is 0.199. The van der Waals surface area contributed by atoms with Gasteiger partial charge in [-0.2, -0.15) is 0 Å². The van der Waals surface area contributed by atoms with Crippen LogP contribution < -0.4 is 16.4 Å². The zero-order chi connectivity index (χ0) is 20.5. The molecular formula is C22H26N4O3. The summed E-state index contributed by atoms with van der Waals surface area (Å²) in [5, 5.41) is 9.83. The van der Waals surface area contributed by atoms with Gasteiger partial charge in [-0.1, -0.05) is 47.6 Å². The second kappa shape index (κ2) is 10.5. The van der Waals surface area contributed by atoms with Gasteiger partial charge < -0.3 is 25.6 Å². The summed E-state index contributed by atoms with van der Waals surface area (Å²) >= 11 is 0. The van der Waals surface area contributed by atoms with E-state index in [0.717, 1.165) is 11.1 Å². The van der Waals surface area contributed by atoms with Crippen LogP contribution in [0.15, 0.2) is 65.2 Å². The van der Waals surface area contributed by atoms with Crippen molar-refractivity contribution in [1.82, 2.24) is 10.5 Å². The molecule has 0 aliphatic heterocycles.